The molecule has 1 fully saturated rings. The molecule has 1 amide bonds. The SMILES string of the molecule is CCOc1ccc(-n2cccc2[C@H]2[C@H](c3ccccn3)NC(=S)N2CCC(=O)Nc2cccc(C)c2)cc1. The van der Waals surface area contributed by atoms with Crippen molar-refractivity contribution in [2.45, 2.75) is 32.4 Å². The van der Waals surface area contributed by atoms with E-state index in [2.05, 4.69) is 31.2 Å². The topological polar surface area (TPSA) is 71.4 Å². The Balaban J connectivity index is 1.43. The summed E-state index contributed by atoms with van der Waals surface area (Å²) in [6, 6.07) is 25.5. The van der Waals surface area contributed by atoms with E-state index in [-0.39, 0.29) is 18.0 Å². The largest absolute Gasteiger partial charge is 0.494 e. The molecule has 7 nitrogen and oxygen atoms in total. The number of hydrogen-bond acceptors (Lipinski definition) is 4. The number of rotatable bonds is 9. The van der Waals surface area contributed by atoms with Crippen LogP contribution in [0.4, 0.5) is 5.69 Å². The van der Waals surface area contributed by atoms with Crippen LogP contribution < -0.4 is 15.4 Å². The van der Waals surface area contributed by atoms with Crippen LogP contribution in [0.15, 0.2) is 91.3 Å². The average molecular weight is 526 g/mol. The van der Waals surface area contributed by atoms with Gasteiger partial charge in [-0.1, -0.05) is 18.2 Å². The van der Waals surface area contributed by atoms with E-state index < -0.39 is 0 Å². The van der Waals surface area contributed by atoms with Crippen molar-refractivity contribution in [3.8, 4) is 11.4 Å². The highest BCUT2D eigenvalue weighted by Gasteiger charge is 2.41. The van der Waals surface area contributed by atoms with Gasteiger partial charge in [-0.3, -0.25) is 9.78 Å². The second kappa shape index (κ2) is 11.5. The molecule has 2 N–H and O–H groups in total. The Morgan fingerprint density at radius 1 is 1.08 bits per heavy atom. The summed E-state index contributed by atoms with van der Waals surface area (Å²) in [5.74, 6) is 0.779. The van der Waals surface area contributed by atoms with Gasteiger partial charge in [-0.05, 0) is 92.3 Å². The zero-order valence-corrected chi connectivity index (χ0v) is 22.3. The fourth-order valence-electron chi connectivity index (χ4n) is 4.88. The fourth-order valence-corrected chi connectivity index (χ4v) is 5.21. The van der Waals surface area contributed by atoms with Crippen LogP contribution in [0.1, 0.15) is 42.4 Å². The zero-order valence-electron chi connectivity index (χ0n) is 21.5. The Labute approximate surface area is 228 Å². The van der Waals surface area contributed by atoms with E-state index >= 15 is 0 Å². The van der Waals surface area contributed by atoms with Crippen molar-refractivity contribution in [3.05, 3.63) is 108 Å². The van der Waals surface area contributed by atoms with E-state index in [9.17, 15) is 4.79 Å². The summed E-state index contributed by atoms with van der Waals surface area (Å²) in [4.78, 5) is 19.6. The van der Waals surface area contributed by atoms with E-state index in [0.717, 1.165) is 34.1 Å². The predicted octanol–water partition coefficient (Wildman–Crippen LogP) is 5.58. The molecular formula is C30H31N5O2S. The molecule has 2 aromatic heterocycles. The lowest BCUT2D eigenvalue weighted by Gasteiger charge is -2.29. The molecule has 0 saturated carbocycles. The molecule has 1 aliphatic heterocycles. The normalized spacial score (nSPS) is 16.8. The van der Waals surface area contributed by atoms with E-state index in [1.54, 1.807) is 6.20 Å². The molecule has 2 aromatic carbocycles. The van der Waals surface area contributed by atoms with Gasteiger partial charge in [0.2, 0.25) is 5.91 Å². The molecule has 0 spiro atoms. The number of amides is 1. The van der Waals surface area contributed by atoms with Crippen molar-refractivity contribution in [2.75, 3.05) is 18.5 Å². The van der Waals surface area contributed by atoms with Crippen LogP contribution in [0.25, 0.3) is 5.69 Å². The maximum Gasteiger partial charge on any atom is 0.226 e. The lowest BCUT2D eigenvalue weighted by Crippen LogP contribution is -2.33. The van der Waals surface area contributed by atoms with Gasteiger partial charge in [0.25, 0.3) is 0 Å². The van der Waals surface area contributed by atoms with Gasteiger partial charge in [0.05, 0.1) is 24.4 Å². The monoisotopic (exact) mass is 525 g/mol. The van der Waals surface area contributed by atoms with Gasteiger partial charge in [0, 0.05) is 42.4 Å². The van der Waals surface area contributed by atoms with Gasteiger partial charge in [0.1, 0.15) is 5.75 Å². The number of anilines is 1. The molecule has 0 radical (unpaired) electrons. The summed E-state index contributed by atoms with van der Waals surface area (Å²) in [5.41, 5.74) is 4.86. The number of carbonyl (C=O) groups is 1. The van der Waals surface area contributed by atoms with Crippen LogP contribution in [-0.4, -0.2) is 38.6 Å². The molecule has 194 valence electrons. The molecule has 2 atom stereocenters. The highest BCUT2D eigenvalue weighted by atomic mass is 32.1. The Bertz CT molecular complexity index is 1400. The molecule has 4 aromatic rings. The molecule has 0 unspecified atom stereocenters. The first kappa shape index (κ1) is 25.5. The van der Waals surface area contributed by atoms with Gasteiger partial charge in [-0.2, -0.15) is 0 Å². The highest BCUT2D eigenvalue weighted by Crippen LogP contribution is 2.39. The molecule has 5 rings (SSSR count). The van der Waals surface area contributed by atoms with Crippen LogP contribution in [0.5, 0.6) is 5.75 Å². The number of benzene rings is 2. The fraction of sp³-hybridized carbons (Fsp3) is 0.233. The molecule has 1 aliphatic rings. The third-order valence-corrected chi connectivity index (χ3v) is 6.94. The first-order valence-electron chi connectivity index (χ1n) is 12.8. The summed E-state index contributed by atoms with van der Waals surface area (Å²) < 4.78 is 7.79. The molecule has 1 saturated heterocycles. The Morgan fingerprint density at radius 2 is 1.92 bits per heavy atom. The number of aromatic nitrogens is 2. The second-order valence-electron chi connectivity index (χ2n) is 9.22. The second-order valence-corrected chi connectivity index (χ2v) is 9.60. The van der Waals surface area contributed by atoms with E-state index in [1.807, 2.05) is 92.8 Å². The maximum atomic E-state index is 12.9. The van der Waals surface area contributed by atoms with Gasteiger partial charge in [-0.15, -0.1) is 0 Å². The third-order valence-electron chi connectivity index (χ3n) is 6.59. The molecule has 0 aliphatic carbocycles. The number of ether oxygens (including phenoxy) is 1. The van der Waals surface area contributed by atoms with Crippen molar-refractivity contribution < 1.29 is 9.53 Å². The molecule has 38 heavy (non-hydrogen) atoms. The Kier molecular flexibility index (Phi) is 7.70. The van der Waals surface area contributed by atoms with Crippen LogP contribution in [-0.2, 0) is 4.79 Å². The van der Waals surface area contributed by atoms with E-state index in [4.69, 9.17) is 17.0 Å². The number of thiocarbonyl (C=S) groups is 1. The minimum Gasteiger partial charge on any atom is -0.494 e. The molecular weight excluding hydrogens is 494 g/mol. The maximum absolute atomic E-state index is 12.9. The smallest absolute Gasteiger partial charge is 0.226 e. The molecule has 0 bridgehead atoms. The number of nitrogens with one attached hydrogen (secondary N) is 2. The van der Waals surface area contributed by atoms with Crippen molar-refractivity contribution in [1.82, 2.24) is 19.8 Å². The molecule has 3 heterocycles. The van der Waals surface area contributed by atoms with Gasteiger partial charge in [-0.25, -0.2) is 0 Å². The molecule has 8 heteroatoms. The number of hydrogen-bond donors (Lipinski definition) is 2. The van der Waals surface area contributed by atoms with E-state index in [0.29, 0.717) is 24.7 Å². The summed E-state index contributed by atoms with van der Waals surface area (Å²) in [5, 5.41) is 7.09. The van der Waals surface area contributed by atoms with E-state index in [1.165, 1.54) is 0 Å². The number of aryl methyl sites for hydroxylation is 1. The lowest BCUT2D eigenvalue weighted by molar-refractivity contribution is -0.116. The van der Waals surface area contributed by atoms with Gasteiger partial charge in [0.15, 0.2) is 5.11 Å². The van der Waals surface area contributed by atoms with Crippen molar-refractivity contribution in [1.29, 1.82) is 0 Å². The summed E-state index contributed by atoms with van der Waals surface area (Å²) in [6.45, 7) is 5.07. The van der Waals surface area contributed by atoms with Crippen LogP contribution in [0.2, 0.25) is 0 Å². The summed E-state index contributed by atoms with van der Waals surface area (Å²) in [6.07, 6.45) is 4.13. The van der Waals surface area contributed by atoms with Gasteiger partial charge < -0.3 is 24.8 Å². The minimum absolute atomic E-state index is 0.0552. The third kappa shape index (κ3) is 5.55. The lowest BCUT2D eigenvalue weighted by atomic mass is 10.0. The highest BCUT2D eigenvalue weighted by molar-refractivity contribution is 7.80. The minimum atomic E-state index is -0.167. The van der Waals surface area contributed by atoms with Crippen LogP contribution in [0.3, 0.4) is 0 Å². The van der Waals surface area contributed by atoms with Crippen molar-refractivity contribution >= 4 is 28.9 Å². The van der Waals surface area contributed by atoms with Crippen LogP contribution in [0, 0.1) is 6.92 Å². The Morgan fingerprint density at radius 3 is 2.66 bits per heavy atom. The summed E-state index contributed by atoms with van der Waals surface area (Å²) >= 11 is 5.80. The van der Waals surface area contributed by atoms with Crippen LogP contribution >= 0.6 is 12.2 Å². The average Bonchev–Trinajstić information content (AvgIpc) is 3.53. The first-order chi connectivity index (χ1) is 18.5. The first-order valence-corrected chi connectivity index (χ1v) is 13.2. The quantitative estimate of drug-likeness (QED) is 0.278. The number of carbonyl (C=O) groups excluding carboxylic acids is 1. The number of nitrogens with zero attached hydrogens (tertiary/aromatic N) is 3. The van der Waals surface area contributed by atoms with Crippen molar-refractivity contribution in [2.24, 2.45) is 0 Å². The Hall–Kier alpha value is -4.17. The van der Waals surface area contributed by atoms with Crippen molar-refractivity contribution in [3.63, 3.8) is 0 Å². The summed E-state index contributed by atoms with van der Waals surface area (Å²) in [7, 11) is 0. The zero-order chi connectivity index (χ0) is 26.5. The van der Waals surface area contributed by atoms with Gasteiger partial charge >= 0.3 is 0 Å². The number of pyridine rings is 1. The standard InChI is InChI=1S/C30H31N5O2S/c1-3-37-24-14-12-23(13-15-24)34-18-7-11-26(34)29-28(25-10-4-5-17-31-25)33-30(38)35(29)19-16-27(36)32-22-9-6-8-21(2)20-22/h4-15,17-18,20,28-29H,3,16,19H2,1-2H3,(H,32,36)(H,33,38)/t28-,29-/m0/s1. The predicted molar refractivity (Wildman–Crippen MR) is 154 cm³/mol.